The third-order valence-electron chi connectivity index (χ3n) is 2.94. The summed E-state index contributed by atoms with van der Waals surface area (Å²) < 4.78 is 0. The number of carbonyl (C=O) groups is 2. The van der Waals surface area contributed by atoms with Crippen LogP contribution >= 0.6 is 11.8 Å². The number of aromatic amines is 1. The molecule has 0 aliphatic rings. The third-order valence-corrected chi connectivity index (χ3v) is 3.93. The van der Waals surface area contributed by atoms with Gasteiger partial charge in [-0.25, -0.2) is 19.7 Å². The molecule has 1 aromatic carbocycles. The number of hydrogen-bond acceptors (Lipinski definition) is 6. The van der Waals surface area contributed by atoms with Gasteiger partial charge in [0.2, 0.25) is 5.91 Å². The van der Waals surface area contributed by atoms with Crippen LogP contribution in [-0.4, -0.2) is 42.7 Å². The number of carboxylic acid groups (broad SMARTS) is 1. The average Bonchev–Trinajstić information content (AvgIpc) is 3.02. The summed E-state index contributed by atoms with van der Waals surface area (Å²) in [4.78, 5) is 37.8. The molecule has 0 bridgehead atoms. The lowest BCUT2D eigenvalue weighted by Gasteiger charge is -2.05. The highest BCUT2D eigenvalue weighted by molar-refractivity contribution is 8.00. The van der Waals surface area contributed by atoms with Gasteiger partial charge in [-0.3, -0.25) is 4.79 Å². The van der Waals surface area contributed by atoms with E-state index < -0.39 is 5.97 Å². The minimum Gasteiger partial charge on any atom is -0.478 e. The Kier molecular flexibility index (Phi) is 4.20. The fourth-order valence-corrected chi connectivity index (χ4v) is 2.64. The number of nitrogens with zero attached hydrogens (tertiary/aromatic N) is 3. The molecule has 8 nitrogen and oxygen atoms in total. The van der Waals surface area contributed by atoms with Crippen molar-refractivity contribution in [1.82, 2.24) is 19.9 Å². The minimum absolute atomic E-state index is 0.159. The second-order valence-corrected chi connectivity index (χ2v) is 5.46. The van der Waals surface area contributed by atoms with E-state index in [4.69, 9.17) is 5.11 Å². The van der Waals surface area contributed by atoms with E-state index in [1.807, 2.05) is 0 Å². The molecule has 0 spiro atoms. The fraction of sp³-hybridized carbons (Fsp3) is 0.0714. The van der Waals surface area contributed by atoms with E-state index in [1.165, 1.54) is 36.5 Å². The maximum Gasteiger partial charge on any atom is 0.335 e. The van der Waals surface area contributed by atoms with Crippen molar-refractivity contribution >= 4 is 40.5 Å². The van der Waals surface area contributed by atoms with E-state index in [0.717, 1.165) is 0 Å². The van der Waals surface area contributed by atoms with Crippen molar-refractivity contribution in [1.29, 1.82) is 0 Å². The summed E-state index contributed by atoms with van der Waals surface area (Å²) >= 11 is 1.26. The molecule has 0 aliphatic carbocycles. The number of benzene rings is 1. The monoisotopic (exact) mass is 329 g/mol. The SMILES string of the molecule is O=C(CSc1ncnc2nc[nH]c12)Nc1ccc(C(=O)O)cc1. The zero-order valence-electron chi connectivity index (χ0n) is 11.7. The molecule has 0 saturated carbocycles. The number of H-pyrrole nitrogens is 1. The number of nitrogens with one attached hydrogen (secondary N) is 2. The van der Waals surface area contributed by atoms with Gasteiger partial charge in [-0.2, -0.15) is 0 Å². The van der Waals surface area contributed by atoms with Gasteiger partial charge in [0.1, 0.15) is 16.9 Å². The largest absolute Gasteiger partial charge is 0.478 e. The van der Waals surface area contributed by atoms with Crippen LogP contribution in [0.15, 0.2) is 41.9 Å². The summed E-state index contributed by atoms with van der Waals surface area (Å²) in [5.41, 5.74) is 1.94. The second-order valence-electron chi connectivity index (χ2n) is 4.50. The molecular formula is C14H11N5O3S. The number of carboxylic acids is 1. The van der Waals surface area contributed by atoms with Crippen LogP contribution in [0.1, 0.15) is 10.4 Å². The number of thioether (sulfide) groups is 1. The van der Waals surface area contributed by atoms with Gasteiger partial charge in [-0.15, -0.1) is 0 Å². The number of aromatic nitrogens is 4. The lowest BCUT2D eigenvalue weighted by Crippen LogP contribution is -2.14. The number of fused-ring (bicyclic) bond motifs is 1. The third kappa shape index (κ3) is 3.46. The van der Waals surface area contributed by atoms with Gasteiger partial charge >= 0.3 is 5.97 Å². The van der Waals surface area contributed by atoms with Gasteiger partial charge in [-0.05, 0) is 24.3 Å². The van der Waals surface area contributed by atoms with Crippen molar-refractivity contribution in [3.8, 4) is 0 Å². The van der Waals surface area contributed by atoms with Crippen LogP contribution in [0.4, 0.5) is 5.69 Å². The molecule has 0 saturated heterocycles. The molecule has 116 valence electrons. The zero-order chi connectivity index (χ0) is 16.2. The first-order valence-electron chi connectivity index (χ1n) is 6.53. The first-order chi connectivity index (χ1) is 11.1. The molecule has 0 radical (unpaired) electrons. The molecule has 0 aliphatic heterocycles. The number of carbonyl (C=O) groups excluding carboxylic acids is 1. The summed E-state index contributed by atoms with van der Waals surface area (Å²) in [7, 11) is 0. The Labute approximate surface area is 134 Å². The second kappa shape index (κ2) is 6.44. The topological polar surface area (TPSA) is 121 Å². The molecule has 23 heavy (non-hydrogen) atoms. The van der Waals surface area contributed by atoms with E-state index in [1.54, 1.807) is 12.1 Å². The predicted octanol–water partition coefficient (Wildman–Crippen LogP) is 1.78. The van der Waals surface area contributed by atoms with Crippen LogP contribution in [0.2, 0.25) is 0 Å². The average molecular weight is 329 g/mol. The smallest absolute Gasteiger partial charge is 0.335 e. The van der Waals surface area contributed by atoms with Gasteiger partial charge in [0.05, 0.1) is 17.6 Å². The summed E-state index contributed by atoms with van der Waals surface area (Å²) in [5.74, 6) is -1.07. The highest BCUT2D eigenvalue weighted by Crippen LogP contribution is 2.21. The molecule has 0 fully saturated rings. The standard InChI is InChI=1S/C14H11N5O3S/c20-10(19-9-3-1-8(2-4-9)14(21)22)5-23-13-11-12(16-6-15-11)17-7-18-13/h1-4,6-7H,5H2,(H,19,20)(H,21,22)(H,15,16,17,18). The van der Waals surface area contributed by atoms with Crippen molar-refractivity contribution in [2.75, 3.05) is 11.1 Å². The fourth-order valence-electron chi connectivity index (χ4n) is 1.88. The van der Waals surface area contributed by atoms with Crippen molar-refractivity contribution < 1.29 is 14.7 Å². The van der Waals surface area contributed by atoms with Crippen molar-refractivity contribution in [3.05, 3.63) is 42.5 Å². The molecule has 2 aromatic heterocycles. The number of imidazole rings is 1. The van der Waals surface area contributed by atoms with Gasteiger partial charge in [0.25, 0.3) is 0 Å². The Morgan fingerprint density at radius 3 is 2.70 bits per heavy atom. The van der Waals surface area contributed by atoms with Crippen LogP contribution in [0.25, 0.3) is 11.2 Å². The number of rotatable bonds is 5. The van der Waals surface area contributed by atoms with Gasteiger partial charge < -0.3 is 15.4 Å². The van der Waals surface area contributed by atoms with E-state index in [2.05, 4.69) is 25.3 Å². The summed E-state index contributed by atoms with van der Waals surface area (Å²) in [5, 5.41) is 12.2. The molecule has 3 aromatic rings. The van der Waals surface area contributed by atoms with Crippen LogP contribution in [0.5, 0.6) is 0 Å². The Balaban J connectivity index is 1.61. The molecule has 2 heterocycles. The van der Waals surface area contributed by atoms with Gasteiger partial charge in [0, 0.05) is 5.69 Å². The summed E-state index contributed by atoms with van der Waals surface area (Å²) in [6.07, 6.45) is 2.92. The predicted molar refractivity (Wildman–Crippen MR) is 84.4 cm³/mol. The van der Waals surface area contributed by atoms with Crippen molar-refractivity contribution in [3.63, 3.8) is 0 Å². The molecule has 1 amide bonds. The molecule has 0 unspecified atom stereocenters. The van der Waals surface area contributed by atoms with Crippen LogP contribution in [0.3, 0.4) is 0 Å². The highest BCUT2D eigenvalue weighted by Gasteiger charge is 2.10. The van der Waals surface area contributed by atoms with E-state index >= 15 is 0 Å². The van der Waals surface area contributed by atoms with E-state index in [-0.39, 0.29) is 17.2 Å². The minimum atomic E-state index is -1.01. The van der Waals surface area contributed by atoms with E-state index in [9.17, 15) is 9.59 Å². The van der Waals surface area contributed by atoms with Crippen LogP contribution < -0.4 is 5.32 Å². The Morgan fingerprint density at radius 1 is 1.17 bits per heavy atom. The van der Waals surface area contributed by atoms with Crippen molar-refractivity contribution in [2.24, 2.45) is 0 Å². The van der Waals surface area contributed by atoms with Gasteiger partial charge in [0.15, 0.2) is 5.65 Å². The lowest BCUT2D eigenvalue weighted by molar-refractivity contribution is -0.113. The van der Waals surface area contributed by atoms with Crippen molar-refractivity contribution in [2.45, 2.75) is 5.03 Å². The zero-order valence-corrected chi connectivity index (χ0v) is 12.5. The Hall–Kier alpha value is -2.94. The maximum atomic E-state index is 12.0. The highest BCUT2D eigenvalue weighted by atomic mass is 32.2. The molecule has 9 heteroatoms. The first-order valence-corrected chi connectivity index (χ1v) is 7.52. The molecule has 3 rings (SSSR count). The number of hydrogen-bond donors (Lipinski definition) is 3. The Morgan fingerprint density at radius 2 is 1.96 bits per heavy atom. The van der Waals surface area contributed by atoms with Crippen LogP contribution in [-0.2, 0) is 4.79 Å². The normalized spacial score (nSPS) is 10.6. The Bertz CT molecular complexity index is 862. The summed E-state index contributed by atoms with van der Waals surface area (Å²) in [6.45, 7) is 0. The van der Waals surface area contributed by atoms with E-state index in [0.29, 0.717) is 21.9 Å². The molecular weight excluding hydrogens is 318 g/mol. The summed E-state index contributed by atoms with van der Waals surface area (Å²) in [6, 6.07) is 5.96. The number of amides is 1. The number of aromatic carboxylic acids is 1. The molecule has 0 atom stereocenters. The molecule has 3 N–H and O–H groups in total. The first kappa shape index (κ1) is 15.0. The quantitative estimate of drug-likeness (QED) is 0.482. The van der Waals surface area contributed by atoms with Crippen LogP contribution in [0, 0.1) is 0 Å². The maximum absolute atomic E-state index is 12.0. The lowest BCUT2D eigenvalue weighted by atomic mass is 10.2. The number of anilines is 1. The van der Waals surface area contributed by atoms with Gasteiger partial charge in [-0.1, -0.05) is 11.8 Å².